The molecule has 0 unspecified atom stereocenters. The lowest BCUT2D eigenvalue weighted by Crippen LogP contribution is -2.58. The van der Waals surface area contributed by atoms with Crippen LogP contribution >= 0.6 is 12.2 Å². The minimum atomic E-state index is -1.34. The monoisotopic (exact) mass is 385 g/mol. The van der Waals surface area contributed by atoms with Gasteiger partial charge in [-0.05, 0) is 42.8 Å². The fraction of sp³-hybridized carbons (Fsp3) is 0.611. The summed E-state index contributed by atoms with van der Waals surface area (Å²) in [4.78, 5) is 0. The normalized spacial score (nSPS) is 28.7. The number of benzene rings is 1. The maximum atomic E-state index is 9.98. The molecule has 26 heavy (non-hydrogen) atoms. The smallest absolute Gasteiger partial charge is 0.256 e. The van der Waals surface area contributed by atoms with Gasteiger partial charge < -0.3 is 34.8 Å². The second-order valence-electron chi connectivity index (χ2n) is 6.79. The Bertz CT molecular complexity index is 582. The molecular formula is C18H27NO6S. The summed E-state index contributed by atoms with van der Waals surface area (Å²) in [6, 6.07) is 7.15. The molecule has 0 spiro atoms. The molecule has 1 aromatic rings. The average Bonchev–Trinajstić information content (AvgIpc) is 2.62. The van der Waals surface area contributed by atoms with E-state index in [1.165, 1.54) is 0 Å². The first-order valence-electron chi connectivity index (χ1n) is 8.63. The lowest BCUT2D eigenvalue weighted by Gasteiger charge is -2.38. The third-order valence-electron chi connectivity index (χ3n) is 3.97. The Balaban J connectivity index is 1.84. The Morgan fingerprint density at radius 3 is 2.42 bits per heavy atom. The van der Waals surface area contributed by atoms with Crippen LogP contribution in [0.15, 0.2) is 24.3 Å². The summed E-state index contributed by atoms with van der Waals surface area (Å²) in [7, 11) is 0. The molecule has 146 valence electrons. The fourth-order valence-electron chi connectivity index (χ4n) is 2.40. The zero-order chi connectivity index (χ0) is 19.3. The number of hydrogen-bond donors (Lipinski definition) is 4. The molecule has 1 saturated heterocycles. The first kappa shape index (κ1) is 20.9. The van der Waals surface area contributed by atoms with Crippen LogP contribution in [0.5, 0.6) is 5.75 Å². The molecule has 0 bridgehead atoms. The van der Waals surface area contributed by atoms with Crippen LogP contribution in [0.4, 0.5) is 0 Å². The van der Waals surface area contributed by atoms with Crippen molar-refractivity contribution in [1.29, 1.82) is 0 Å². The van der Waals surface area contributed by atoms with Gasteiger partial charge in [0.1, 0.15) is 24.1 Å². The summed E-state index contributed by atoms with van der Waals surface area (Å²) >= 11 is 5.10. The minimum Gasteiger partial charge on any atom is -0.471 e. The van der Waals surface area contributed by atoms with Crippen molar-refractivity contribution in [2.24, 2.45) is 5.92 Å². The summed E-state index contributed by atoms with van der Waals surface area (Å²) in [5, 5.41) is 32.9. The standard InChI is InChI=1S/C18H27NO6S/c1-10(2)9-23-18(26)19-8-12-4-6-13(7-5-12)25-17-16(22)15(21)14(20)11(3)24-17/h4-7,10-11,14-17,20-22H,8-9H2,1-3H3,(H,19,26)/t11-,14-,15+,16+,17-/m0/s1. The van der Waals surface area contributed by atoms with Gasteiger partial charge in [0.2, 0.25) is 6.29 Å². The minimum absolute atomic E-state index is 0.360. The van der Waals surface area contributed by atoms with E-state index >= 15 is 0 Å². The Morgan fingerprint density at radius 1 is 1.15 bits per heavy atom. The van der Waals surface area contributed by atoms with Crippen LogP contribution in [-0.2, 0) is 16.0 Å². The number of aliphatic hydroxyl groups excluding tert-OH is 3. The second kappa shape index (κ2) is 9.48. The summed E-state index contributed by atoms with van der Waals surface area (Å²) in [5.74, 6) is 0.887. The third-order valence-corrected chi connectivity index (χ3v) is 4.23. The molecule has 0 saturated carbocycles. The summed E-state index contributed by atoms with van der Waals surface area (Å²) in [5.41, 5.74) is 0.974. The number of thiocarbonyl (C=S) groups is 1. The molecule has 2 rings (SSSR count). The van der Waals surface area contributed by atoms with E-state index in [9.17, 15) is 15.3 Å². The van der Waals surface area contributed by atoms with E-state index in [0.29, 0.717) is 30.0 Å². The van der Waals surface area contributed by atoms with Crippen LogP contribution < -0.4 is 10.1 Å². The molecule has 1 heterocycles. The summed E-state index contributed by atoms with van der Waals surface area (Å²) < 4.78 is 16.4. The SMILES string of the molecule is CC(C)COC(=S)NCc1ccc(O[C@@H]2O[C@@H](C)[C@H](O)[C@@H](O)[C@H]2O)cc1. The zero-order valence-electron chi connectivity index (χ0n) is 15.2. The van der Waals surface area contributed by atoms with E-state index in [4.69, 9.17) is 26.4 Å². The van der Waals surface area contributed by atoms with Crippen LogP contribution in [0.2, 0.25) is 0 Å². The van der Waals surface area contributed by atoms with Crippen molar-refractivity contribution in [2.75, 3.05) is 6.61 Å². The van der Waals surface area contributed by atoms with Crippen molar-refractivity contribution in [1.82, 2.24) is 5.32 Å². The lowest BCUT2D eigenvalue weighted by atomic mass is 10.00. The first-order chi connectivity index (χ1) is 12.3. The van der Waals surface area contributed by atoms with Crippen molar-refractivity contribution in [3.63, 3.8) is 0 Å². The van der Waals surface area contributed by atoms with Crippen LogP contribution in [0, 0.1) is 5.92 Å². The van der Waals surface area contributed by atoms with Gasteiger partial charge in [-0.3, -0.25) is 0 Å². The Hall–Kier alpha value is -1.45. The molecule has 7 nitrogen and oxygen atoms in total. The van der Waals surface area contributed by atoms with Crippen LogP contribution in [0.1, 0.15) is 26.3 Å². The summed E-state index contributed by atoms with van der Waals surface area (Å²) in [6.45, 7) is 6.79. The number of rotatable bonds is 6. The molecular weight excluding hydrogens is 358 g/mol. The van der Waals surface area contributed by atoms with Crippen LogP contribution in [-0.4, -0.2) is 57.8 Å². The molecule has 0 amide bonds. The van der Waals surface area contributed by atoms with Crippen molar-refractivity contribution in [3.05, 3.63) is 29.8 Å². The molecule has 0 radical (unpaired) electrons. The van der Waals surface area contributed by atoms with Gasteiger partial charge in [-0.15, -0.1) is 0 Å². The quantitative estimate of drug-likeness (QED) is 0.537. The highest BCUT2D eigenvalue weighted by Crippen LogP contribution is 2.24. The molecule has 5 atom stereocenters. The van der Waals surface area contributed by atoms with Crippen LogP contribution in [0.3, 0.4) is 0 Å². The van der Waals surface area contributed by atoms with Gasteiger partial charge in [-0.2, -0.15) is 0 Å². The second-order valence-corrected chi connectivity index (χ2v) is 7.16. The maximum absolute atomic E-state index is 9.98. The Kier molecular flexibility index (Phi) is 7.60. The third kappa shape index (κ3) is 5.78. The first-order valence-corrected chi connectivity index (χ1v) is 9.04. The van der Waals surface area contributed by atoms with Crippen molar-refractivity contribution in [3.8, 4) is 5.75 Å². The molecule has 8 heteroatoms. The largest absolute Gasteiger partial charge is 0.471 e. The van der Waals surface area contributed by atoms with E-state index in [-0.39, 0.29) is 0 Å². The molecule has 1 fully saturated rings. The molecule has 0 aliphatic carbocycles. The number of aliphatic hydroxyl groups is 3. The van der Waals surface area contributed by atoms with Gasteiger partial charge in [-0.25, -0.2) is 0 Å². The van der Waals surface area contributed by atoms with Crippen molar-refractivity contribution < 1.29 is 29.5 Å². The fourth-order valence-corrected chi connectivity index (χ4v) is 2.54. The van der Waals surface area contributed by atoms with E-state index in [0.717, 1.165) is 5.56 Å². The predicted molar refractivity (Wildman–Crippen MR) is 99.7 cm³/mol. The highest BCUT2D eigenvalue weighted by Gasteiger charge is 2.43. The number of ether oxygens (including phenoxy) is 3. The highest BCUT2D eigenvalue weighted by molar-refractivity contribution is 7.80. The Labute approximate surface area is 158 Å². The van der Waals surface area contributed by atoms with Crippen molar-refractivity contribution in [2.45, 2.75) is 58.0 Å². The van der Waals surface area contributed by atoms with Gasteiger partial charge >= 0.3 is 0 Å². The molecule has 1 aliphatic rings. The topological polar surface area (TPSA) is 100 Å². The van der Waals surface area contributed by atoms with Gasteiger partial charge in [0.25, 0.3) is 5.17 Å². The molecule has 1 aromatic carbocycles. The van der Waals surface area contributed by atoms with Crippen molar-refractivity contribution >= 4 is 17.4 Å². The maximum Gasteiger partial charge on any atom is 0.256 e. The van der Waals surface area contributed by atoms with Gasteiger partial charge in [0.05, 0.1) is 12.7 Å². The summed E-state index contributed by atoms with van der Waals surface area (Å²) in [6.07, 6.45) is -5.50. The molecule has 0 aromatic heterocycles. The van der Waals surface area contributed by atoms with E-state index in [1.54, 1.807) is 19.1 Å². The zero-order valence-corrected chi connectivity index (χ0v) is 16.0. The predicted octanol–water partition coefficient (Wildman–Crippen LogP) is 0.940. The highest BCUT2D eigenvalue weighted by atomic mass is 32.1. The van der Waals surface area contributed by atoms with Gasteiger partial charge in [0, 0.05) is 6.54 Å². The van der Waals surface area contributed by atoms with Gasteiger partial charge in [-0.1, -0.05) is 26.0 Å². The number of nitrogens with one attached hydrogen (secondary N) is 1. The number of hydrogen-bond acceptors (Lipinski definition) is 7. The van der Waals surface area contributed by atoms with E-state index in [2.05, 4.69) is 19.2 Å². The average molecular weight is 385 g/mol. The van der Waals surface area contributed by atoms with E-state index in [1.807, 2.05) is 12.1 Å². The van der Waals surface area contributed by atoms with E-state index < -0.39 is 30.7 Å². The Morgan fingerprint density at radius 2 is 1.81 bits per heavy atom. The van der Waals surface area contributed by atoms with Crippen LogP contribution in [0.25, 0.3) is 0 Å². The molecule has 1 aliphatic heterocycles. The lowest BCUT2D eigenvalue weighted by molar-refractivity contribution is -0.268. The molecule has 4 N–H and O–H groups in total. The van der Waals surface area contributed by atoms with Gasteiger partial charge in [0.15, 0.2) is 0 Å².